The number of rotatable bonds is 5. The van der Waals surface area contributed by atoms with E-state index in [-0.39, 0.29) is 5.91 Å². The van der Waals surface area contributed by atoms with Crippen LogP contribution in [0.2, 0.25) is 0 Å². The molecule has 2 heterocycles. The lowest BCUT2D eigenvalue weighted by molar-refractivity contribution is -0.116. The van der Waals surface area contributed by atoms with Crippen LogP contribution in [0.3, 0.4) is 0 Å². The van der Waals surface area contributed by atoms with Crippen LogP contribution in [0.1, 0.15) is 19.3 Å². The molecule has 0 saturated carbocycles. The van der Waals surface area contributed by atoms with Crippen LogP contribution in [-0.2, 0) is 9.53 Å². The number of nitrogens with one attached hydrogen (secondary N) is 1. The third kappa shape index (κ3) is 4.14. The van der Waals surface area contributed by atoms with Gasteiger partial charge in [0.2, 0.25) is 5.91 Å². The minimum Gasteiger partial charge on any atom is -0.378 e. The number of thiazole rings is 1. The average molecular weight is 369 g/mol. The van der Waals surface area contributed by atoms with Crippen molar-refractivity contribution >= 4 is 28.1 Å². The maximum absolute atomic E-state index is 12.1. The summed E-state index contributed by atoms with van der Waals surface area (Å²) in [6.45, 7) is 3.32. The molecule has 136 valence electrons. The summed E-state index contributed by atoms with van der Waals surface area (Å²) >= 11 is 1.67. The minimum absolute atomic E-state index is 0.0811. The monoisotopic (exact) mass is 369 g/mol. The zero-order valence-corrected chi connectivity index (χ0v) is 15.5. The van der Waals surface area contributed by atoms with Gasteiger partial charge in [0.1, 0.15) is 0 Å². The number of hydrogen-bond donors (Lipinski definition) is 1. The fourth-order valence-corrected chi connectivity index (χ4v) is 4.23. The molecule has 6 heteroatoms. The van der Waals surface area contributed by atoms with Gasteiger partial charge in [-0.05, 0) is 30.9 Å². The predicted molar refractivity (Wildman–Crippen MR) is 106 cm³/mol. The van der Waals surface area contributed by atoms with Gasteiger partial charge in [0.15, 0.2) is 5.13 Å². The summed E-state index contributed by atoms with van der Waals surface area (Å²) in [5.41, 5.74) is 2.88. The first-order chi connectivity index (χ1) is 12.8. The molecular formula is C20H23N3O2S. The third-order valence-electron chi connectivity index (χ3n) is 4.80. The Hall–Kier alpha value is -2.18. The Morgan fingerprint density at radius 1 is 1.27 bits per heavy atom. The normalized spacial score (nSPS) is 19.7. The molecule has 1 aromatic heterocycles. The molecule has 1 amide bonds. The van der Waals surface area contributed by atoms with Crippen molar-refractivity contribution in [2.45, 2.75) is 19.3 Å². The summed E-state index contributed by atoms with van der Waals surface area (Å²) in [5, 5.41) is 6.13. The Morgan fingerprint density at radius 2 is 2.08 bits per heavy atom. The van der Waals surface area contributed by atoms with Crippen molar-refractivity contribution in [1.29, 1.82) is 0 Å². The van der Waals surface area contributed by atoms with E-state index in [4.69, 9.17) is 9.72 Å². The lowest BCUT2D eigenvalue weighted by atomic mass is 10.0. The number of anilines is 2. The number of benzene rings is 1. The molecule has 0 radical (unpaired) electrons. The predicted octanol–water partition coefficient (Wildman–Crippen LogP) is 3.94. The largest absolute Gasteiger partial charge is 0.378 e. The number of allylic oxidation sites excluding steroid dienone is 2. The number of aromatic nitrogens is 1. The van der Waals surface area contributed by atoms with Crippen LogP contribution in [0.15, 0.2) is 41.8 Å². The van der Waals surface area contributed by atoms with E-state index in [9.17, 15) is 4.79 Å². The lowest BCUT2D eigenvalue weighted by Crippen LogP contribution is -2.36. The summed E-state index contributed by atoms with van der Waals surface area (Å²) in [6.07, 6.45) is 7.05. The highest BCUT2D eigenvalue weighted by Crippen LogP contribution is 2.29. The Balaban J connectivity index is 1.37. The maximum Gasteiger partial charge on any atom is 0.224 e. The molecule has 2 aromatic rings. The van der Waals surface area contributed by atoms with Crippen LogP contribution in [0, 0.1) is 5.92 Å². The second-order valence-electron chi connectivity index (χ2n) is 6.71. The average Bonchev–Trinajstić information content (AvgIpc) is 3.35. The Bertz CT molecular complexity index is 779. The van der Waals surface area contributed by atoms with Gasteiger partial charge < -0.3 is 15.0 Å². The van der Waals surface area contributed by atoms with E-state index >= 15 is 0 Å². The van der Waals surface area contributed by atoms with E-state index in [0.29, 0.717) is 12.3 Å². The number of morpholine rings is 1. The van der Waals surface area contributed by atoms with E-state index in [1.807, 2.05) is 24.3 Å². The van der Waals surface area contributed by atoms with Crippen LogP contribution in [0.5, 0.6) is 0 Å². The summed E-state index contributed by atoms with van der Waals surface area (Å²) in [7, 11) is 0. The molecule has 1 N–H and O–H groups in total. The van der Waals surface area contributed by atoms with Crippen LogP contribution >= 0.6 is 11.3 Å². The number of amides is 1. The second kappa shape index (κ2) is 8.01. The number of hydrogen-bond acceptors (Lipinski definition) is 5. The summed E-state index contributed by atoms with van der Waals surface area (Å²) < 4.78 is 5.40. The van der Waals surface area contributed by atoms with Crippen molar-refractivity contribution in [2.75, 3.05) is 36.5 Å². The van der Waals surface area contributed by atoms with Crippen molar-refractivity contribution in [3.05, 3.63) is 41.8 Å². The quantitative estimate of drug-likeness (QED) is 0.811. The highest BCUT2D eigenvalue weighted by Gasteiger charge is 2.16. The van der Waals surface area contributed by atoms with Crippen molar-refractivity contribution in [3.8, 4) is 11.3 Å². The molecular weight excluding hydrogens is 346 g/mol. The van der Waals surface area contributed by atoms with Gasteiger partial charge in [-0.25, -0.2) is 4.98 Å². The van der Waals surface area contributed by atoms with Crippen LogP contribution in [0.4, 0.5) is 10.8 Å². The van der Waals surface area contributed by atoms with E-state index in [1.54, 1.807) is 11.3 Å². The highest BCUT2D eigenvalue weighted by atomic mass is 32.1. The molecule has 2 aliphatic rings. The molecule has 26 heavy (non-hydrogen) atoms. The smallest absolute Gasteiger partial charge is 0.224 e. The minimum atomic E-state index is 0.0811. The van der Waals surface area contributed by atoms with Crippen molar-refractivity contribution in [2.24, 2.45) is 5.92 Å². The van der Waals surface area contributed by atoms with Crippen molar-refractivity contribution < 1.29 is 9.53 Å². The van der Waals surface area contributed by atoms with Crippen molar-refractivity contribution in [3.63, 3.8) is 0 Å². The van der Waals surface area contributed by atoms with E-state index in [0.717, 1.165) is 61.2 Å². The molecule has 5 nitrogen and oxygen atoms in total. The molecule has 0 bridgehead atoms. The second-order valence-corrected chi connectivity index (χ2v) is 7.55. The first-order valence-electron chi connectivity index (χ1n) is 9.13. The number of carbonyl (C=O) groups is 1. The number of nitrogens with zero attached hydrogens (tertiary/aromatic N) is 2. The van der Waals surface area contributed by atoms with Gasteiger partial charge in [-0.2, -0.15) is 0 Å². The number of ether oxygens (including phenoxy) is 1. The van der Waals surface area contributed by atoms with Gasteiger partial charge in [0.05, 0.1) is 18.9 Å². The first kappa shape index (κ1) is 17.2. The first-order valence-corrected chi connectivity index (χ1v) is 10.0. The van der Waals surface area contributed by atoms with Crippen LogP contribution in [-0.4, -0.2) is 37.2 Å². The van der Waals surface area contributed by atoms with Gasteiger partial charge in [-0.3, -0.25) is 4.79 Å². The van der Waals surface area contributed by atoms with Gasteiger partial charge in [0.25, 0.3) is 0 Å². The molecule has 1 aliphatic carbocycles. The molecule has 1 atom stereocenters. The van der Waals surface area contributed by atoms with Crippen molar-refractivity contribution in [1.82, 2.24) is 4.98 Å². The summed E-state index contributed by atoms with van der Waals surface area (Å²) in [4.78, 5) is 19.2. The Labute approximate surface area is 157 Å². The van der Waals surface area contributed by atoms with Gasteiger partial charge in [-0.1, -0.05) is 24.3 Å². The lowest BCUT2D eigenvalue weighted by Gasteiger charge is -2.26. The highest BCUT2D eigenvalue weighted by molar-refractivity contribution is 7.14. The molecule has 0 spiro atoms. The molecule has 1 aliphatic heterocycles. The molecule has 1 unspecified atom stereocenters. The van der Waals surface area contributed by atoms with E-state index in [1.165, 1.54) is 0 Å². The number of carbonyl (C=O) groups excluding carboxylic acids is 1. The Morgan fingerprint density at radius 3 is 2.81 bits per heavy atom. The maximum atomic E-state index is 12.1. The van der Waals surface area contributed by atoms with E-state index in [2.05, 4.69) is 27.7 Å². The zero-order chi connectivity index (χ0) is 17.8. The molecule has 1 aromatic carbocycles. The molecule has 1 fully saturated rings. The van der Waals surface area contributed by atoms with Gasteiger partial charge in [-0.15, -0.1) is 11.3 Å². The fourth-order valence-electron chi connectivity index (χ4n) is 3.34. The van der Waals surface area contributed by atoms with Gasteiger partial charge >= 0.3 is 0 Å². The molecule has 4 rings (SSSR count). The standard InChI is InChI=1S/C20H23N3O2S/c24-19(13-15-3-1-2-4-15)21-17-7-5-16(6-8-17)18-14-26-20(22-18)23-9-11-25-12-10-23/h1,3,5-8,14-15H,2,4,9-13H2,(H,21,24). The molecule has 1 saturated heterocycles. The Kier molecular flexibility index (Phi) is 5.32. The SMILES string of the molecule is O=C(CC1C=CCC1)Nc1ccc(-c2csc(N3CCOCC3)n2)cc1. The van der Waals surface area contributed by atoms with E-state index < -0.39 is 0 Å². The fraction of sp³-hybridized carbons (Fsp3) is 0.400. The van der Waals surface area contributed by atoms with Gasteiger partial charge in [0, 0.05) is 36.1 Å². The summed E-state index contributed by atoms with van der Waals surface area (Å²) in [6, 6.07) is 7.93. The van der Waals surface area contributed by atoms with Crippen LogP contribution < -0.4 is 10.2 Å². The van der Waals surface area contributed by atoms with Crippen LogP contribution in [0.25, 0.3) is 11.3 Å². The topological polar surface area (TPSA) is 54.5 Å². The third-order valence-corrected chi connectivity index (χ3v) is 5.70. The summed E-state index contributed by atoms with van der Waals surface area (Å²) in [5.74, 6) is 0.473. The zero-order valence-electron chi connectivity index (χ0n) is 14.7.